The van der Waals surface area contributed by atoms with E-state index in [0.717, 1.165) is 0 Å². The molecule has 0 aliphatic heterocycles. The molecule has 0 spiro atoms. The summed E-state index contributed by atoms with van der Waals surface area (Å²) in [5.74, 6) is 0.167. The van der Waals surface area contributed by atoms with E-state index in [-0.39, 0.29) is 22.3 Å². The predicted octanol–water partition coefficient (Wildman–Crippen LogP) is 1.40. The summed E-state index contributed by atoms with van der Waals surface area (Å²) < 4.78 is 0. The molecule has 1 nitrogen and oxygen atoms in total. The fraction of sp³-hybridized carbons (Fsp3) is 0.400. The number of hydrogen-bond acceptors (Lipinski definition) is 1. The first-order valence-electron chi connectivity index (χ1n) is 1.70. The van der Waals surface area contributed by atoms with Crippen molar-refractivity contribution in [3.63, 3.8) is 0 Å². The second kappa shape index (κ2) is 16.8. The molecule has 0 aliphatic carbocycles. The van der Waals surface area contributed by atoms with Crippen molar-refractivity contribution in [3.8, 4) is 0 Å². The van der Waals surface area contributed by atoms with Crippen LogP contribution in [0.25, 0.3) is 0 Å². The van der Waals surface area contributed by atoms with Gasteiger partial charge in [-0.3, -0.25) is 0 Å². The molecule has 0 saturated carbocycles. The number of hydrogen-bond donors (Lipinski definition) is 0. The van der Waals surface area contributed by atoms with Gasteiger partial charge in [-0.1, -0.05) is 0 Å². The molecule has 0 unspecified atom stereocenters. The maximum atomic E-state index is 9.44. The van der Waals surface area contributed by atoms with Crippen LogP contribution in [0.4, 0.5) is 0 Å². The van der Waals surface area contributed by atoms with E-state index in [1.165, 1.54) is 13.8 Å². The molecule has 0 aromatic rings. The first-order valence-corrected chi connectivity index (χ1v) is 1.70. The second-order valence-electron chi connectivity index (χ2n) is 0.908. The van der Waals surface area contributed by atoms with Crippen LogP contribution >= 0.6 is 0 Å². The largest absolute Gasteiger partial charge is 0.300 e. The van der Waals surface area contributed by atoms with Crippen molar-refractivity contribution in [1.29, 1.82) is 0 Å². The predicted molar refractivity (Wildman–Crippen MR) is 27.6 cm³/mol. The van der Waals surface area contributed by atoms with Gasteiger partial charge in [-0.15, -0.1) is 13.2 Å². The van der Waals surface area contributed by atoms with Crippen molar-refractivity contribution >= 4 is 5.78 Å². The summed E-state index contributed by atoms with van der Waals surface area (Å²) in [6.45, 7) is 9.06. The third-order valence-corrected chi connectivity index (χ3v) is 0. The van der Waals surface area contributed by atoms with E-state index in [1.54, 1.807) is 0 Å². The molecule has 0 amide bonds. The third kappa shape index (κ3) is 9660. The normalized spacial score (nSPS) is 4.29. The Labute approximate surface area is 54.7 Å². The van der Waals surface area contributed by atoms with Gasteiger partial charge in [0.25, 0.3) is 0 Å². The summed E-state index contributed by atoms with van der Waals surface area (Å²) in [5, 5.41) is 0. The molecule has 0 fully saturated rings. The summed E-state index contributed by atoms with van der Waals surface area (Å²) in [4.78, 5) is 9.44. The van der Waals surface area contributed by atoms with Gasteiger partial charge in [0, 0.05) is 16.5 Å². The van der Waals surface area contributed by atoms with E-state index in [0.29, 0.717) is 0 Å². The molecule has 0 N–H and O–H groups in total. The Morgan fingerprint density at radius 3 is 1.29 bits per heavy atom. The molecular weight excluding hydrogens is 135 g/mol. The van der Waals surface area contributed by atoms with Crippen molar-refractivity contribution in [1.82, 2.24) is 0 Å². The maximum absolute atomic E-state index is 9.44. The molecular formula is C5H10NiO. The zero-order valence-electron chi connectivity index (χ0n) is 4.64. The van der Waals surface area contributed by atoms with Crippen LogP contribution in [0.1, 0.15) is 13.8 Å². The van der Waals surface area contributed by atoms with Crippen molar-refractivity contribution in [2.45, 2.75) is 13.8 Å². The van der Waals surface area contributed by atoms with Crippen LogP contribution in [0.3, 0.4) is 0 Å². The molecule has 0 atom stereocenters. The molecule has 2 heteroatoms. The Morgan fingerprint density at radius 2 is 1.29 bits per heavy atom. The van der Waals surface area contributed by atoms with Gasteiger partial charge in [-0.2, -0.15) is 0 Å². The molecule has 46 valence electrons. The standard InChI is InChI=1S/C3H6O.C2H4.Ni/c1-3(2)4;1-2;/h1-2H3;1-2H2;. The molecule has 0 heterocycles. The molecule has 7 heavy (non-hydrogen) atoms. The van der Waals surface area contributed by atoms with Crippen molar-refractivity contribution in [3.05, 3.63) is 13.2 Å². The number of Topliss-reactive ketones (excluding diaryl/α,β-unsaturated/α-hetero) is 1. The van der Waals surface area contributed by atoms with Gasteiger partial charge in [0.15, 0.2) is 0 Å². The van der Waals surface area contributed by atoms with Crippen LogP contribution in [-0.4, -0.2) is 5.78 Å². The maximum Gasteiger partial charge on any atom is 0.126 e. The molecule has 0 rings (SSSR count). The first-order chi connectivity index (χ1) is 2.73. The number of ketones is 1. The smallest absolute Gasteiger partial charge is 0.126 e. The Balaban J connectivity index is -0.0000000480. The minimum Gasteiger partial charge on any atom is -0.300 e. The first kappa shape index (κ1) is 15.8. The van der Waals surface area contributed by atoms with E-state index < -0.39 is 0 Å². The molecule has 0 aromatic heterocycles. The zero-order valence-corrected chi connectivity index (χ0v) is 5.63. The van der Waals surface area contributed by atoms with Crippen molar-refractivity contribution < 1.29 is 21.3 Å². The Hall–Kier alpha value is -0.0965. The molecule has 0 bridgehead atoms. The summed E-state index contributed by atoms with van der Waals surface area (Å²) in [6, 6.07) is 0. The average Bonchev–Trinajstić information content (AvgIpc) is 1.41. The van der Waals surface area contributed by atoms with E-state index >= 15 is 0 Å². The molecule has 0 saturated heterocycles. The van der Waals surface area contributed by atoms with Crippen LogP contribution in [0, 0.1) is 0 Å². The minimum atomic E-state index is 0. The van der Waals surface area contributed by atoms with Crippen LogP contribution in [-0.2, 0) is 21.3 Å². The summed E-state index contributed by atoms with van der Waals surface area (Å²) in [6.07, 6.45) is 0. The van der Waals surface area contributed by atoms with Crippen LogP contribution in [0.2, 0.25) is 0 Å². The van der Waals surface area contributed by atoms with Gasteiger partial charge in [-0.25, -0.2) is 0 Å². The molecule has 0 aliphatic rings. The summed E-state index contributed by atoms with van der Waals surface area (Å²) in [7, 11) is 0. The number of rotatable bonds is 0. The Morgan fingerprint density at radius 1 is 1.29 bits per heavy atom. The van der Waals surface area contributed by atoms with Crippen LogP contribution in [0.5, 0.6) is 0 Å². The van der Waals surface area contributed by atoms with Gasteiger partial charge < -0.3 is 4.79 Å². The van der Waals surface area contributed by atoms with E-state index in [4.69, 9.17) is 0 Å². The van der Waals surface area contributed by atoms with Gasteiger partial charge in [-0.05, 0) is 13.8 Å². The number of carbonyl (C=O) groups is 1. The van der Waals surface area contributed by atoms with Gasteiger partial charge in [0.05, 0.1) is 0 Å². The fourth-order valence-corrected chi connectivity index (χ4v) is 0. The van der Waals surface area contributed by atoms with Gasteiger partial charge in [0.1, 0.15) is 5.78 Å². The minimum absolute atomic E-state index is 0. The fourth-order valence-electron chi connectivity index (χ4n) is 0. The SMILES string of the molecule is C=C.CC(C)=O.[Ni]. The topological polar surface area (TPSA) is 17.1 Å². The summed E-state index contributed by atoms with van der Waals surface area (Å²) >= 11 is 0. The number of carbonyl (C=O) groups excluding carboxylic acids is 1. The molecule has 0 aromatic carbocycles. The average molecular weight is 145 g/mol. The van der Waals surface area contributed by atoms with Crippen molar-refractivity contribution in [2.75, 3.05) is 0 Å². The van der Waals surface area contributed by atoms with E-state index in [9.17, 15) is 4.79 Å². The third-order valence-electron chi connectivity index (χ3n) is 0. The monoisotopic (exact) mass is 144 g/mol. The van der Waals surface area contributed by atoms with Gasteiger partial charge in [0.2, 0.25) is 0 Å². The van der Waals surface area contributed by atoms with E-state index in [2.05, 4.69) is 13.2 Å². The van der Waals surface area contributed by atoms with Gasteiger partial charge >= 0.3 is 0 Å². The van der Waals surface area contributed by atoms with E-state index in [1.807, 2.05) is 0 Å². The molecule has 0 radical (unpaired) electrons. The van der Waals surface area contributed by atoms with Crippen LogP contribution in [0.15, 0.2) is 13.2 Å². The van der Waals surface area contributed by atoms with Crippen molar-refractivity contribution in [2.24, 2.45) is 0 Å². The van der Waals surface area contributed by atoms with Crippen LogP contribution < -0.4 is 0 Å². The Bertz CT molecular complexity index is 39.3. The zero-order chi connectivity index (χ0) is 5.58. The summed E-state index contributed by atoms with van der Waals surface area (Å²) in [5.41, 5.74) is 0. The Kier molecular flexibility index (Phi) is 38.0. The quantitative estimate of drug-likeness (QED) is 0.371. The second-order valence-corrected chi connectivity index (χ2v) is 0.908.